The maximum absolute atomic E-state index is 3.73. The zero-order valence-corrected chi connectivity index (χ0v) is 13.1. The highest BCUT2D eigenvalue weighted by Gasteiger charge is 2.23. The van der Waals surface area contributed by atoms with Gasteiger partial charge in [-0.2, -0.15) is 0 Å². The molecule has 1 aromatic carbocycles. The molecule has 1 fully saturated rings. The summed E-state index contributed by atoms with van der Waals surface area (Å²) in [6.07, 6.45) is 4.02. The first-order valence-electron chi connectivity index (χ1n) is 6.57. The van der Waals surface area contributed by atoms with Gasteiger partial charge in [0.15, 0.2) is 0 Å². The molecule has 0 spiro atoms. The molecule has 1 aliphatic rings. The van der Waals surface area contributed by atoms with Crippen molar-refractivity contribution >= 4 is 28.3 Å². The molecule has 94 valence electrons. The number of halogens is 1. The fourth-order valence-electron chi connectivity index (χ4n) is 3.07. The maximum Gasteiger partial charge on any atom is 0.0372 e. The minimum absolute atomic E-state index is 0.660. The van der Waals surface area contributed by atoms with E-state index < -0.39 is 0 Å². The molecule has 0 aromatic heterocycles. The van der Waals surface area contributed by atoms with E-state index in [4.69, 9.17) is 0 Å². The number of benzene rings is 1. The Labute approximate surface area is 119 Å². The van der Waals surface area contributed by atoms with E-state index in [0.717, 1.165) is 11.8 Å². The summed E-state index contributed by atoms with van der Waals surface area (Å²) < 4.78 is 1.32. The Hall–Kier alpha value is -0.250. The van der Waals surface area contributed by atoms with Crippen LogP contribution in [0.4, 0.5) is 5.69 Å². The summed E-state index contributed by atoms with van der Waals surface area (Å²) in [4.78, 5) is 0. The third-order valence-corrected chi connectivity index (χ3v) is 4.40. The van der Waals surface area contributed by atoms with Gasteiger partial charge in [0.1, 0.15) is 0 Å². The monoisotopic (exact) mass is 343 g/mol. The quantitative estimate of drug-likeness (QED) is 0.758. The third kappa shape index (κ3) is 3.60. The van der Waals surface area contributed by atoms with Gasteiger partial charge in [-0.1, -0.05) is 13.8 Å². The molecule has 1 aliphatic carbocycles. The van der Waals surface area contributed by atoms with Gasteiger partial charge in [-0.3, -0.25) is 0 Å². The van der Waals surface area contributed by atoms with Crippen molar-refractivity contribution in [2.75, 3.05) is 5.32 Å². The van der Waals surface area contributed by atoms with Crippen LogP contribution in [0, 0.1) is 22.3 Å². The molecule has 0 amide bonds. The topological polar surface area (TPSA) is 12.0 Å². The van der Waals surface area contributed by atoms with Crippen LogP contribution in [0.15, 0.2) is 18.2 Å². The predicted molar refractivity (Wildman–Crippen MR) is 83.5 cm³/mol. The summed E-state index contributed by atoms with van der Waals surface area (Å²) in [7, 11) is 0. The molecule has 2 atom stereocenters. The molecule has 2 heteroatoms. The van der Waals surface area contributed by atoms with E-state index in [9.17, 15) is 0 Å². The van der Waals surface area contributed by atoms with Crippen molar-refractivity contribution in [3.63, 3.8) is 0 Å². The summed E-state index contributed by atoms with van der Waals surface area (Å²) >= 11 is 2.37. The first-order chi connectivity index (χ1) is 8.04. The Morgan fingerprint density at radius 2 is 1.76 bits per heavy atom. The van der Waals surface area contributed by atoms with E-state index in [0.29, 0.717) is 6.04 Å². The molecular formula is C15H22IN. The third-order valence-electron chi connectivity index (χ3n) is 3.73. The number of hydrogen-bond donors (Lipinski definition) is 1. The summed E-state index contributed by atoms with van der Waals surface area (Å²) in [6, 6.07) is 7.32. The predicted octanol–water partition coefficient (Wildman–Crippen LogP) is 4.84. The fourth-order valence-corrected chi connectivity index (χ4v) is 3.72. The van der Waals surface area contributed by atoms with Crippen molar-refractivity contribution < 1.29 is 0 Å². The number of aryl methyl sites for hydroxylation is 1. The van der Waals surface area contributed by atoms with Gasteiger partial charge < -0.3 is 5.32 Å². The summed E-state index contributed by atoms with van der Waals surface area (Å²) in [5.74, 6) is 1.72. The van der Waals surface area contributed by atoms with Crippen LogP contribution in [-0.4, -0.2) is 6.04 Å². The zero-order chi connectivity index (χ0) is 12.4. The van der Waals surface area contributed by atoms with Crippen LogP contribution in [-0.2, 0) is 0 Å². The van der Waals surface area contributed by atoms with E-state index in [2.05, 4.69) is 66.9 Å². The molecule has 0 bridgehead atoms. The second kappa shape index (κ2) is 5.59. The first-order valence-corrected chi connectivity index (χ1v) is 7.65. The lowest BCUT2D eigenvalue weighted by Crippen LogP contribution is -2.30. The van der Waals surface area contributed by atoms with Crippen LogP contribution in [0.25, 0.3) is 0 Å². The highest BCUT2D eigenvalue weighted by molar-refractivity contribution is 14.1. The standard InChI is InChI=1S/C15H22IN/c1-10-6-11(2)8-14(7-10)17-15-5-4-13(16)9-12(15)3/h4-5,9-11,14,17H,6-8H2,1-3H3. The van der Waals surface area contributed by atoms with Gasteiger partial charge in [0.25, 0.3) is 0 Å². The van der Waals surface area contributed by atoms with Gasteiger partial charge in [-0.25, -0.2) is 0 Å². The molecule has 0 radical (unpaired) electrons. The smallest absolute Gasteiger partial charge is 0.0372 e. The van der Waals surface area contributed by atoms with Crippen molar-refractivity contribution in [3.05, 3.63) is 27.3 Å². The van der Waals surface area contributed by atoms with Gasteiger partial charge in [-0.05, 0) is 84.4 Å². The summed E-state index contributed by atoms with van der Waals surface area (Å²) in [6.45, 7) is 6.95. The molecular weight excluding hydrogens is 321 g/mol. The van der Waals surface area contributed by atoms with Crippen LogP contribution in [0.1, 0.15) is 38.7 Å². The molecule has 1 nitrogen and oxygen atoms in total. The second-order valence-corrected chi connectivity index (χ2v) is 6.96. The van der Waals surface area contributed by atoms with E-state index in [1.165, 1.54) is 34.1 Å². The van der Waals surface area contributed by atoms with Crippen LogP contribution in [0.3, 0.4) is 0 Å². The van der Waals surface area contributed by atoms with Gasteiger partial charge in [0.05, 0.1) is 0 Å². The average molecular weight is 343 g/mol. The number of anilines is 1. The highest BCUT2D eigenvalue weighted by Crippen LogP contribution is 2.31. The van der Waals surface area contributed by atoms with Crippen molar-refractivity contribution in [2.24, 2.45) is 11.8 Å². The molecule has 1 N–H and O–H groups in total. The van der Waals surface area contributed by atoms with Crippen LogP contribution in [0.2, 0.25) is 0 Å². The Bertz CT molecular complexity index is 379. The van der Waals surface area contributed by atoms with Crippen LogP contribution in [0.5, 0.6) is 0 Å². The van der Waals surface area contributed by atoms with Crippen LogP contribution >= 0.6 is 22.6 Å². The first kappa shape index (κ1) is 13.2. The fraction of sp³-hybridized carbons (Fsp3) is 0.600. The van der Waals surface area contributed by atoms with E-state index in [-0.39, 0.29) is 0 Å². The normalized spacial score (nSPS) is 29.1. The molecule has 0 heterocycles. The minimum Gasteiger partial charge on any atom is -0.382 e. The molecule has 17 heavy (non-hydrogen) atoms. The lowest BCUT2D eigenvalue weighted by Gasteiger charge is -2.33. The molecule has 1 saturated carbocycles. The number of hydrogen-bond acceptors (Lipinski definition) is 1. The largest absolute Gasteiger partial charge is 0.382 e. The zero-order valence-electron chi connectivity index (χ0n) is 11.0. The average Bonchev–Trinajstić information content (AvgIpc) is 2.21. The SMILES string of the molecule is Cc1cc(I)ccc1NC1CC(C)CC(C)C1. The Morgan fingerprint density at radius 1 is 1.12 bits per heavy atom. The maximum atomic E-state index is 3.73. The van der Waals surface area contributed by atoms with E-state index in [1.807, 2.05) is 0 Å². The second-order valence-electron chi connectivity index (χ2n) is 5.72. The highest BCUT2D eigenvalue weighted by atomic mass is 127. The lowest BCUT2D eigenvalue weighted by atomic mass is 9.80. The lowest BCUT2D eigenvalue weighted by molar-refractivity contribution is 0.281. The molecule has 2 rings (SSSR count). The summed E-state index contributed by atoms with van der Waals surface area (Å²) in [5, 5.41) is 3.73. The van der Waals surface area contributed by atoms with Crippen LogP contribution < -0.4 is 5.32 Å². The summed E-state index contributed by atoms with van der Waals surface area (Å²) in [5.41, 5.74) is 2.68. The van der Waals surface area contributed by atoms with Crippen molar-refractivity contribution in [1.82, 2.24) is 0 Å². The van der Waals surface area contributed by atoms with E-state index in [1.54, 1.807) is 0 Å². The number of rotatable bonds is 2. The number of nitrogens with one attached hydrogen (secondary N) is 1. The van der Waals surface area contributed by atoms with Crippen molar-refractivity contribution in [1.29, 1.82) is 0 Å². The Kier molecular flexibility index (Phi) is 4.34. The minimum atomic E-state index is 0.660. The molecule has 0 aliphatic heterocycles. The van der Waals surface area contributed by atoms with Gasteiger partial charge >= 0.3 is 0 Å². The molecule has 1 aromatic rings. The molecule has 0 saturated heterocycles. The Balaban J connectivity index is 2.04. The van der Waals surface area contributed by atoms with Gasteiger partial charge in [-0.15, -0.1) is 0 Å². The van der Waals surface area contributed by atoms with Crippen molar-refractivity contribution in [3.8, 4) is 0 Å². The van der Waals surface area contributed by atoms with E-state index >= 15 is 0 Å². The van der Waals surface area contributed by atoms with Crippen molar-refractivity contribution in [2.45, 2.75) is 46.1 Å². The van der Waals surface area contributed by atoms with Gasteiger partial charge in [0.2, 0.25) is 0 Å². The van der Waals surface area contributed by atoms with Gasteiger partial charge in [0, 0.05) is 15.3 Å². The molecule has 2 unspecified atom stereocenters. The Morgan fingerprint density at radius 3 is 2.35 bits per heavy atom.